The van der Waals surface area contributed by atoms with Gasteiger partial charge in [-0.25, -0.2) is 26.4 Å². The highest BCUT2D eigenvalue weighted by molar-refractivity contribution is 7.91. The lowest BCUT2D eigenvalue weighted by Crippen LogP contribution is -2.60. The van der Waals surface area contributed by atoms with Crippen molar-refractivity contribution in [2.75, 3.05) is 6.54 Å². The maximum atomic E-state index is 14.7. The molecule has 2 aromatic rings. The van der Waals surface area contributed by atoms with Crippen LogP contribution >= 0.6 is 0 Å². The van der Waals surface area contributed by atoms with Crippen LogP contribution in [0.1, 0.15) is 77.7 Å². The number of nitrogens with one attached hydrogen (secondary N) is 3. The number of carbonyl (C=O) groups excluding carboxylic acids is 4. The number of halogens is 3. The minimum absolute atomic E-state index is 0.204. The van der Waals surface area contributed by atoms with Crippen molar-refractivity contribution in [1.82, 2.24) is 20.3 Å². The zero-order valence-corrected chi connectivity index (χ0v) is 31.6. The molecule has 6 rings (SSSR count). The predicted molar refractivity (Wildman–Crippen MR) is 195 cm³/mol. The highest BCUT2D eigenvalue weighted by Gasteiger charge is 2.67. The smallest absolute Gasteiger partial charge is 0.408 e. The highest BCUT2D eigenvalue weighted by atomic mass is 32.2. The van der Waals surface area contributed by atoms with Gasteiger partial charge in [0.2, 0.25) is 28.3 Å². The lowest BCUT2D eigenvalue weighted by atomic mass is 9.85. The molecule has 4 fully saturated rings. The summed E-state index contributed by atoms with van der Waals surface area (Å²) < 4.78 is 75.4. The van der Waals surface area contributed by atoms with Gasteiger partial charge in [-0.1, -0.05) is 68.4 Å². The van der Waals surface area contributed by atoms with Gasteiger partial charge in [0, 0.05) is 17.5 Å². The van der Waals surface area contributed by atoms with Crippen LogP contribution in [0.3, 0.4) is 0 Å². The van der Waals surface area contributed by atoms with E-state index < -0.39 is 92.8 Å². The molecule has 3 N–H and O–H groups in total. The Hall–Kier alpha value is -4.67. The van der Waals surface area contributed by atoms with E-state index in [-0.39, 0.29) is 19.1 Å². The molecule has 5 atom stereocenters. The molecule has 0 unspecified atom stereocenters. The third kappa shape index (κ3) is 9.08. The Morgan fingerprint density at radius 3 is 2.24 bits per heavy atom. The fraction of sp³-hybridized carbons (Fsp3) is 0.553. The van der Waals surface area contributed by atoms with Gasteiger partial charge >= 0.3 is 6.09 Å². The summed E-state index contributed by atoms with van der Waals surface area (Å²) in [7, 11) is -4.14. The zero-order valence-electron chi connectivity index (χ0n) is 30.8. The number of alkyl halides is 2. The quantitative estimate of drug-likeness (QED) is 0.195. The molecule has 2 aromatic carbocycles. The first-order chi connectivity index (χ1) is 26.0. The molecule has 0 radical (unpaired) electrons. The van der Waals surface area contributed by atoms with Crippen LogP contribution < -0.4 is 15.4 Å². The molecular weight excluding hydrogens is 744 g/mol. The van der Waals surface area contributed by atoms with Gasteiger partial charge in [0.15, 0.2) is 0 Å². The van der Waals surface area contributed by atoms with Gasteiger partial charge < -0.3 is 25.1 Å². The third-order valence-corrected chi connectivity index (χ3v) is 12.4. The molecule has 0 spiro atoms. The van der Waals surface area contributed by atoms with Crippen LogP contribution in [0.15, 0.2) is 53.7 Å². The summed E-state index contributed by atoms with van der Waals surface area (Å²) in [4.78, 5) is 61.7. The number of nitrogens with zero attached hydrogens (tertiary/aromatic N) is 2. The lowest BCUT2D eigenvalue weighted by Gasteiger charge is -2.35. The predicted octanol–water partition coefficient (Wildman–Crippen LogP) is 4.64. The second-order valence-corrected chi connectivity index (χ2v) is 17.8. The summed E-state index contributed by atoms with van der Waals surface area (Å²) in [5, 5.41) is 8.31. The highest BCUT2D eigenvalue weighted by Crippen LogP contribution is 2.48. The van der Waals surface area contributed by atoms with Crippen LogP contribution in [0.25, 0.3) is 11.1 Å². The van der Waals surface area contributed by atoms with E-state index in [4.69, 9.17) is 9.57 Å². The maximum Gasteiger partial charge on any atom is 0.408 e. The average Bonchev–Trinajstić information content (AvgIpc) is 4.01. The van der Waals surface area contributed by atoms with E-state index in [2.05, 4.69) is 15.8 Å². The van der Waals surface area contributed by atoms with Gasteiger partial charge in [0.1, 0.15) is 35.6 Å². The van der Waals surface area contributed by atoms with E-state index in [0.717, 1.165) is 17.7 Å². The zero-order chi connectivity index (χ0) is 39.7. The van der Waals surface area contributed by atoms with Gasteiger partial charge in [0.25, 0.3) is 5.91 Å². The number of amides is 4. The molecule has 1 aliphatic heterocycles. The van der Waals surface area contributed by atoms with E-state index in [1.54, 1.807) is 63.2 Å². The number of benzene rings is 2. The topological polar surface area (TPSA) is 173 Å². The Morgan fingerprint density at radius 2 is 1.62 bits per heavy atom. The number of ether oxygens (including phenoxy) is 1. The summed E-state index contributed by atoms with van der Waals surface area (Å²) in [6, 6.07) is 10.4. The normalized spacial score (nSPS) is 24.8. The summed E-state index contributed by atoms with van der Waals surface area (Å²) >= 11 is 0. The number of hydrogen-bond acceptors (Lipinski definition) is 9. The van der Waals surface area contributed by atoms with Crippen LogP contribution in [0, 0.1) is 17.2 Å². The van der Waals surface area contributed by atoms with Crippen molar-refractivity contribution in [3.63, 3.8) is 0 Å². The van der Waals surface area contributed by atoms with Gasteiger partial charge in [-0.15, -0.1) is 0 Å². The standard InChI is InChI=1S/C38H46F3N5O8S/c1-37(2,3)31(43-36(50)53-23-11-5-6-12-23)34(48)46-21-24(54-42-20-22-10-4-7-13-26(22)27-14-8-9-15-29(27)39)18-30(46)33(47)44-38(19-28(38)32(40)41)35(49)45-55(51,52)25-16-17-25/h4,7-10,13-15,20,23-25,28,30-32H,5-6,11-12,16-19,21H2,1-3H3,(H,43,50)(H,44,47)(H,45,49)/b42-20+/t24-,28+,30+,31-,38+/m1/s1. The first-order valence-electron chi connectivity index (χ1n) is 18.5. The Morgan fingerprint density at radius 1 is 0.964 bits per heavy atom. The summed E-state index contributed by atoms with van der Waals surface area (Å²) in [5.74, 6) is -5.08. The molecule has 298 valence electrons. The van der Waals surface area contributed by atoms with Gasteiger partial charge in [-0.05, 0) is 62.0 Å². The van der Waals surface area contributed by atoms with Crippen molar-refractivity contribution in [3.05, 3.63) is 59.9 Å². The number of likely N-dealkylation sites (tertiary alicyclic amines) is 1. The number of alkyl carbamates (subject to hydrolysis) is 1. The van der Waals surface area contributed by atoms with Crippen LogP contribution in [0.4, 0.5) is 18.0 Å². The number of sulfonamides is 1. The Bertz CT molecular complexity index is 1930. The molecule has 4 amide bonds. The van der Waals surface area contributed by atoms with E-state index in [1.165, 1.54) is 12.3 Å². The Labute approximate surface area is 317 Å². The molecule has 1 saturated heterocycles. The summed E-state index contributed by atoms with van der Waals surface area (Å²) in [6.07, 6.45) is -0.651. The van der Waals surface area contributed by atoms with Crippen molar-refractivity contribution in [1.29, 1.82) is 0 Å². The summed E-state index contributed by atoms with van der Waals surface area (Å²) in [5.41, 5.74) is -1.78. The minimum Gasteiger partial charge on any atom is -0.446 e. The fourth-order valence-corrected chi connectivity index (χ4v) is 8.60. The number of rotatable bonds is 13. The Balaban J connectivity index is 1.25. The molecule has 0 bridgehead atoms. The van der Waals surface area contributed by atoms with Crippen LogP contribution in [-0.4, -0.2) is 91.4 Å². The van der Waals surface area contributed by atoms with Crippen molar-refractivity contribution in [2.24, 2.45) is 16.5 Å². The fourth-order valence-electron chi connectivity index (χ4n) is 7.24. The molecule has 17 heteroatoms. The molecule has 55 heavy (non-hydrogen) atoms. The van der Waals surface area contributed by atoms with Crippen molar-refractivity contribution in [2.45, 2.75) is 114 Å². The SMILES string of the molecule is CC(C)(C)[C@H](NC(=O)OC1CCCC1)C(=O)N1C[C@H](O/N=C/c2ccccc2-c2ccccc2F)C[C@H]1C(=O)N[C@@]1(C(=O)NS(=O)(=O)C2CC2)C[C@H]1C(F)F. The Kier molecular flexibility index (Phi) is 11.5. The van der Waals surface area contributed by atoms with Crippen LogP contribution in [0.5, 0.6) is 0 Å². The molecule has 1 heterocycles. The van der Waals surface area contributed by atoms with Gasteiger partial charge in [-0.2, -0.15) is 0 Å². The van der Waals surface area contributed by atoms with Crippen molar-refractivity contribution < 1.29 is 50.3 Å². The van der Waals surface area contributed by atoms with Gasteiger partial charge in [-0.3, -0.25) is 19.1 Å². The van der Waals surface area contributed by atoms with Crippen LogP contribution in [0.2, 0.25) is 0 Å². The van der Waals surface area contributed by atoms with E-state index in [9.17, 15) is 40.8 Å². The first-order valence-corrected chi connectivity index (χ1v) is 20.0. The second-order valence-electron chi connectivity index (χ2n) is 15.8. The number of hydrogen-bond donors (Lipinski definition) is 3. The van der Waals surface area contributed by atoms with Crippen LogP contribution in [-0.2, 0) is 34.0 Å². The van der Waals surface area contributed by atoms with E-state index in [0.29, 0.717) is 42.4 Å². The molecule has 3 aliphatic carbocycles. The largest absolute Gasteiger partial charge is 0.446 e. The molecule has 0 aromatic heterocycles. The molecule has 13 nitrogen and oxygen atoms in total. The first kappa shape index (κ1) is 40.0. The molecular formula is C38H46F3N5O8S. The van der Waals surface area contributed by atoms with E-state index in [1.807, 2.05) is 4.72 Å². The number of oxime groups is 1. The third-order valence-electron chi connectivity index (χ3n) is 10.6. The second kappa shape index (κ2) is 15.8. The molecule has 4 aliphatic rings. The van der Waals surface area contributed by atoms with Crippen molar-refractivity contribution in [3.8, 4) is 11.1 Å². The lowest BCUT2D eigenvalue weighted by molar-refractivity contribution is -0.143. The monoisotopic (exact) mass is 789 g/mol. The average molecular weight is 790 g/mol. The number of carbonyl (C=O) groups is 4. The molecule has 3 saturated carbocycles. The van der Waals surface area contributed by atoms with Crippen molar-refractivity contribution >= 4 is 40.1 Å². The van der Waals surface area contributed by atoms with E-state index >= 15 is 0 Å². The van der Waals surface area contributed by atoms with Gasteiger partial charge in [0.05, 0.1) is 23.9 Å². The summed E-state index contributed by atoms with van der Waals surface area (Å²) in [6.45, 7) is 4.89. The minimum atomic E-state index is -4.14. The maximum absolute atomic E-state index is 14.7.